The first kappa shape index (κ1) is 38.0. The van der Waals surface area contributed by atoms with Gasteiger partial charge in [0.2, 0.25) is 0 Å². The van der Waals surface area contributed by atoms with E-state index in [-0.39, 0.29) is 17.1 Å². The summed E-state index contributed by atoms with van der Waals surface area (Å²) >= 11 is 1.48. The van der Waals surface area contributed by atoms with E-state index in [0.717, 1.165) is 80.7 Å². The molecule has 7 rings (SSSR count). The number of benzene rings is 2. The predicted molar refractivity (Wildman–Crippen MR) is 210 cm³/mol. The number of hydrogen-bond donors (Lipinski definition) is 3. The number of amides is 2. The lowest BCUT2D eigenvalue weighted by atomic mass is 9.90. The number of ether oxygens (including phenoxy) is 1. The van der Waals surface area contributed by atoms with Crippen LogP contribution >= 0.6 is 11.8 Å². The Hall–Kier alpha value is -5.28. The summed E-state index contributed by atoms with van der Waals surface area (Å²) in [4.78, 5) is 54.0. The Morgan fingerprint density at radius 2 is 1.60 bits per heavy atom. The number of fused-ring (bicyclic) bond motifs is 1. The summed E-state index contributed by atoms with van der Waals surface area (Å²) in [6.45, 7) is 12.4. The van der Waals surface area contributed by atoms with Gasteiger partial charge in [-0.2, -0.15) is 0 Å². The summed E-state index contributed by atoms with van der Waals surface area (Å²) in [7, 11) is 0. The van der Waals surface area contributed by atoms with Crippen LogP contribution in [0.25, 0.3) is 0 Å². The van der Waals surface area contributed by atoms with Crippen molar-refractivity contribution in [3.05, 3.63) is 89.4 Å². The molecule has 55 heavy (non-hydrogen) atoms. The van der Waals surface area contributed by atoms with E-state index in [2.05, 4.69) is 58.5 Å². The quantitative estimate of drug-likeness (QED) is 0.195. The lowest BCUT2D eigenvalue weighted by Crippen LogP contribution is -2.54. The normalized spacial score (nSPS) is 18.4. The summed E-state index contributed by atoms with van der Waals surface area (Å²) in [5.74, 6) is 0.252. The first-order chi connectivity index (χ1) is 26.3. The molecule has 3 aliphatic rings. The Morgan fingerprint density at radius 3 is 2.27 bits per heavy atom. The highest BCUT2D eigenvalue weighted by molar-refractivity contribution is 7.99. The molecule has 3 N–H and O–H groups in total. The Balaban J connectivity index is 0.885. The number of rotatable bonds is 9. The van der Waals surface area contributed by atoms with Crippen molar-refractivity contribution in [3.8, 4) is 0 Å². The molecule has 2 amide bonds. The van der Waals surface area contributed by atoms with Gasteiger partial charge >= 0.3 is 12.1 Å². The summed E-state index contributed by atoms with van der Waals surface area (Å²) in [6.07, 6.45) is 6.52. The maximum Gasteiger partial charge on any atom is 0.408 e. The van der Waals surface area contributed by atoms with Crippen molar-refractivity contribution in [1.29, 1.82) is 0 Å². The zero-order valence-electron chi connectivity index (χ0n) is 31.6. The molecular formula is C40H47N9O5S. The minimum atomic E-state index is -1.08. The maximum atomic E-state index is 13.4. The van der Waals surface area contributed by atoms with Crippen LogP contribution in [-0.2, 0) is 17.6 Å². The highest BCUT2D eigenvalue weighted by Crippen LogP contribution is 2.31. The van der Waals surface area contributed by atoms with Gasteiger partial charge in [-0.3, -0.25) is 9.69 Å². The highest BCUT2D eigenvalue weighted by atomic mass is 32.2. The largest absolute Gasteiger partial charge is 0.476 e. The van der Waals surface area contributed by atoms with Crippen LogP contribution in [0.1, 0.15) is 72.5 Å². The minimum absolute atomic E-state index is 0.0592. The molecule has 4 heterocycles. The topological polar surface area (TPSA) is 166 Å². The van der Waals surface area contributed by atoms with E-state index in [1.807, 2.05) is 57.2 Å². The van der Waals surface area contributed by atoms with Crippen LogP contribution in [-0.4, -0.2) is 105 Å². The molecule has 1 unspecified atom stereocenters. The van der Waals surface area contributed by atoms with Crippen molar-refractivity contribution >= 4 is 47.1 Å². The van der Waals surface area contributed by atoms with Crippen LogP contribution < -0.4 is 20.4 Å². The second-order valence-corrected chi connectivity index (χ2v) is 16.7. The fraction of sp³-hybridized carbons (Fsp3) is 0.425. The van der Waals surface area contributed by atoms with Crippen LogP contribution in [0.2, 0.25) is 0 Å². The third kappa shape index (κ3) is 9.51. The van der Waals surface area contributed by atoms with Crippen LogP contribution in [0.15, 0.2) is 76.9 Å². The molecule has 1 aliphatic carbocycles. The smallest absolute Gasteiger partial charge is 0.408 e. The van der Waals surface area contributed by atoms with E-state index in [9.17, 15) is 14.4 Å². The van der Waals surface area contributed by atoms with Gasteiger partial charge in [0.1, 0.15) is 16.4 Å². The van der Waals surface area contributed by atoms with Gasteiger partial charge in [0, 0.05) is 67.0 Å². The van der Waals surface area contributed by atoms with Crippen molar-refractivity contribution in [2.24, 2.45) is 0 Å². The number of aromatic carboxylic acids is 1. The lowest BCUT2D eigenvalue weighted by molar-refractivity contribution is 0.0447. The molecule has 0 radical (unpaired) electrons. The third-order valence-electron chi connectivity index (χ3n) is 10.3. The molecule has 0 saturated carbocycles. The second-order valence-electron chi connectivity index (χ2n) is 15.6. The molecular weight excluding hydrogens is 719 g/mol. The molecule has 288 valence electrons. The molecule has 2 aromatic heterocycles. The minimum Gasteiger partial charge on any atom is -0.476 e. The van der Waals surface area contributed by atoms with Gasteiger partial charge in [-0.05, 0) is 107 Å². The summed E-state index contributed by atoms with van der Waals surface area (Å²) < 4.78 is 5.46. The van der Waals surface area contributed by atoms with Crippen LogP contribution in [0.3, 0.4) is 0 Å². The fourth-order valence-corrected chi connectivity index (χ4v) is 8.09. The zero-order valence-corrected chi connectivity index (χ0v) is 32.4. The zero-order chi connectivity index (χ0) is 38.7. The third-order valence-corrected chi connectivity index (χ3v) is 11.2. The highest BCUT2D eigenvalue weighted by Gasteiger charge is 2.34. The van der Waals surface area contributed by atoms with Crippen molar-refractivity contribution in [1.82, 2.24) is 30.4 Å². The number of carbonyl (C=O) groups is 3. The van der Waals surface area contributed by atoms with Crippen LogP contribution in [0.4, 0.5) is 22.1 Å². The van der Waals surface area contributed by atoms with Gasteiger partial charge in [-0.15, -0.1) is 10.2 Å². The van der Waals surface area contributed by atoms with Crippen LogP contribution in [0.5, 0.6) is 0 Å². The fourth-order valence-electron chi connectivity index (χ4n) is 7.31. The summed E-state index contributed by atoms with van der Waals surface area (Å²) in [5, 5.41) is 23.9. The number of aromatic nitrogens is 4. The Labute approximate surface area is 325 Å². The SMILES string of the molecule is CC1(NC(=O)OC(C)(C)C)CCN(c2cnc(Sc3cccc(NC(=O)c4ccc5c(c4)CC(N4CCN(c6ccc(C(=O)O)nn6)CC4)C5)c3)cn2)CC1. The standard InChI is InChI=1S/C40H47N9O5S/c1-39(2,3)54-38(53)44-40(4)12-14-48(15-13-40)34-24-42-35(25-41-34)55-31-7-5-6-29(23-31)43-36(50)27-9-8-26-21-30(22-28(26)20-27)47-16-18-49(19-17-47)33-11-10-32(37(51)52)45-46-33/h5-11,20,23-25,30H,12-19,21-22H2,1-4H3,(H,43,50)(H,44,53)(H,51,52). The number of piperidine rings is 1. The number of carboxylic acid groups (broad SMARTS) is 1. The van der Waals surface area contributed by atoms with Crippen LogP contribution in [0, 0.1) is 0 Å². The lowest BCUT2D eigenvalue weighted by Gasteiger charge is -2.40. The number of carboxylic acids is 1. The first-order valence-corrected chi connectivity index (χ1v) is 19.5. The average Bonchev–Trinajstić information content (AvgIpc) is 3.59. The molecule has 2 aliphatic heterocycles. The number of hydrogen-bond acceptors (Lipinski definition) is 12. The van der Waals surface area contributed by atoms with E-state index in [0.29, 0.717) is 23.1 Å². The van der Waals surface area contributed by atoms with Gasteiger partial charge in [-0.25, -0.2) is 19.6 Å². The Kier molecular flexibility index (Phi) is 10.9. The number of anilines is 3. The Morgan fingerprint density at radius 1 is 0.855 bits per heavy atom. The summed E-state index contributed by atoms with van der Waals surface area (Å²) in [5.41, 5.74) is 2.87. The van der Waals surface area contributed by atoms with Crippen molar-refractivity contribution in [3.63, 3.8) is 0 Å². The average molecular weight is 766 g/mol. The molecule has 1 atom stereocenters. The van der Waals surface area contributed by atoms with E-state index in [1.54, 1.807) is 18.5 Å². The van der Waals surface area contributed by atoms with Crippen molar-refractivity contribution in [2.45, 2.75) is 80.5 Å². The summed E-state index contributed by atoms with van der Waals surface area (Å²) in [6, 6.07) is 17.3. The number of alkyl carbamates (subject to hydrolysis) is 1. The second kappa shape index (κ2) is 15.8. The van der Waals surface area contributed by atoms with Gasteiger partial charge < -0.3 is 30.3 Å². The monoisotopic (exact) mass is 765 g/mol. The van der Waals surface area contributed by atoms with Crippen molar-refractivity contribution < 1.29 is 24.2 Å². The van der Waals surface area contributed by atoms with Gasteiger partial charge in [0.25, 0.3) is 5.91 Å². The Bertz CT molecular complexity index is 2020. The number of piperazine rings is 1. The first-order valence-electron chi connectivity index (χ1n) is 18.6. The molecule has 2 saturated heterocycles. The van der Waals surface area contributed by atoms with Gasteiger partial charge in [0.05, 0.1) is 12.4 Å². The maximum absolute atomic E-state index is 13.4. The van der Waals surface area contributed by atoms with E-state index in [1.165, 1.54) is 29.0 Å². The molecule has 0 bridgehead atoms. The number of nitrogens with one attached hydrogen (secondary N) is 2. The molecule has 14 nitrogen and oxygen atoms in total. The molecule has 4 aromatic rings. The van der Waals surface area contributed by atoms with E-state index < -0.39 is 17.7 Å². The van der Waals surface area contributed by atoms with Gasteiger partial charge in [-0.1, -0.05) is 23.9 Å². The molecule has 2 aromatic carbocycles. The van der Waals surface area contributed by atoms with E-state index in [4.69, 9.17) is 9.84 Å². The molecule has 0 spiro atoms. The van der Waals surface area contributed by atoms with Gasteiger partial charge in [0.15, 0.2) is 11.5 Å². The predicted octanol–water partition coefficient (Wildman–Crippen LogP) is 5.54. The van der Waals surface area contributed by atoms with Crippen molar-refractivity contribution in [2.75, 3.05) is 54.4 Å². The molecule has 15 heteroatoms. The van der Waals surface area contributed by atoms with E-state index >= 15 is 0 Å². The molecule has 2 fully saturated rings. The number of nitrogens with zero attached hydrogens (tertiary/aromatic N) is 7. The number of carbonyl (C=O) groups excluding carboxylic acids is 2.